The molecule has 0 aliphatic heterocycles. The topological polar surface area (TPSA) is 84.9 Å². The summed E-state index contributed by atoms with van der Waals surface area (Å²) in [5, 5.41) is 12.0. The van der Waals surface area contributed by atoms with Gasteiger partial charge in [-0.3, -0.25) is 9.59 Å². The average molecular weight is 283 g/mol. The van der Waals surface area contributed by atoms with Crippen LogP contribution in [0.4, 0.5) is 0 Å². The standard InChI is InChI=1S/C14H21NO5/c1-19-6-7-20-5-4-15-13(16)11-9-2-3-10(8-9)12(11)14(17)18/h2-3,9-12H,4-8H2,1H3,(H,15,16)(H,17,18). The van der Waals surface area contributed by atoms with Crippen molar-refractivity contribution in [1.82, 2.24) is 5.32 Å². The third-order valence-electron chi connectivity index (χ3n) is 4.02. The lowest BCUT2D eigenvalue weighted by Gasteiger charge is -2.23. The summed E-state index contributed by atoms with van der Waals surface area (Å²) in [6.45, 7) is 1.81. The summed E-state index contributed by atoms with van der Waals surface area (Å²) < 4.78 is 10.1. The van der Waals surface area contributed by atoms with E-state index in [1.54, 1.807) is 7.11 Å². The Morgan fingerprint density at radius 3 is 2.55 bits per heavy atom. The van der Waals surface area contributed by atoms with Crippen molar-refractivity contribution in [3.8, 4) is 0 Å². The maximum absolute atomic E-state index is 12.2. The Bertz CT molecular complexity index is 395. The van der Waals surface area contributed by atoms with E-state index < -0.39 is 17.8 Å². The molecule has 2 bridgehead atoms. The van der Waals surface area contributed by atoms with Crippen molar-refractivity contribution in [3.63, 3.8) is 0 Å². The van der Waals surface area contributed by atoms with Crippen LogP contribution in [0.1, 0.15) is 6.42 Å². The minimum Gasteiger partial charge on any atom is -0.481 e. The molecule has 0 spiro atoms. The van der Waals surface area contributed by atoms with E-state index in [1.807, 2.05) is 12.2 Å². The van der Waals surface area contributed by atoms with E-state index in [4.69, 9.17) is 9.47 Å². The van der Waals surface area contributed by atoms with Crippen LogP contribution in [0.2, 0.25) is 0 Å². The van der Waals surface area contributed by atoms with Crippen LogP contribution in [-0.4, -0.2) is 50.5 Å². The zero-order valence-electron chi connectivity index (χ0n) is 11.6. The Morgan fingerprint density at radius 2 is 1.90 bits per heavy atom. The van der Waals surface area contributed by atoms with E-state index in [0.29, 0.717) is 26.4 Å². The Kier molecular flexibility index (Phi) is 5.14. The van der Waals surface area contributed by atoms with Crippen molar-refractivity contribution < 1.29 is 24.2 Å². The molecule has 2 N–H and O–H groups in total. The van der Waals surface area contributed by atoms with Gasteiger partial charge in [-0.25, -0.2) is 0 Å². The van der Waals surface area contributed by atoms with E-state index in [1.165, 1.54) is 0 Å². The van der Waals surface area contributed by atoms with Crippen LogP contribution in [0.5, 0.6) is 0 Å². The summed E-state index contributed by atoms with van der Waals surface area (Å²) in [5.41, 5.74) is 0. The molecule has 0 aromatic heterocycles. The normalized spacial score (nSPS) is 30.6. The number of fused-ring (bicyclic) bond motifs is 2. The molecule has 4 unspecified atom stereocenters. The first kappa shape index (κ1) is 15.0. The van der Waals surface area contributed by atoms with Crippen LogP contribution in [0.15, 0.2) is 12.2 Å². The maximum Gasteiger partial charge on any atom is 0.307 e. The molecule has 0 heterocycles. The Balaban J connectivity index is 1.77. The zero-order valence-corrected chi connectivity index (χ0v) is 11.6. The van der Waals surface area contributed by atoms with E-state index in [9.17, 15) is 14.7 Å². The first-order valence-corrected chi connectivity index (χ1v) is 6.90. The summed E-state index contributed by atoms with van der Waals surface area (Å²) in [7, 11) is 1.60. The Morgan fingerprint density at radius 1 is 1.20 bits per heavy atom. The van der Waals surface area contributed by atoms with Gasteiger partial charge < -0.3 is 19.9 Å². The average Bonchev–Trinajstić information content (AvgIpc) is 3.02. The first-order chi connectivity index (χ1) is 9.65. The smallest absolute Gasteiger partial charge is 0.307 e. The van der Waals surface area contributed by atoms with Crippen molar-refractivity contribution >= 4 is 11.9 Å². The number of ether oxygens (including phenoxy) is 2. The second-order valence-corrected chi connectivity index (χ2v) is 5.23. The number of allylic oxidation sites excluding steroid dienone is 2. The van der Waals surface area contributed by atoms with Crippen LogP contribution in [0.25, 0.3) is 0 Å². The molecule has 1 saturated carbocycles. The second-order valence-electron chi connectivity index (χ2n) is 5.23. The third kappa shape index (κ3) is 3.19. The molecule has 6 nitrogen and oxygen atoms in total. The van der Waals surface area contributed by atoms with Gasteiger partial charge in [-0.05, 0) is 18.3 Å². The Hall–Kier alpha value is -1.40. The molecule has 20 heavy (non-hydrogen) atoms. The number of carboxylic acid groups (broad SMARTS) is 1. The van der Waals surface area contributed by atoms with Crippen LogP contribution >= 0.6 is 0 Å². The minimum atomic E-state index is -0.877. The maximum atomic E-state index is 12.2. The van der Waals surface area contributed by atoms with Gasteiger partial charge in [0, 0.05) is 13.7 Å². The SMILES string of the molecule is COCCOCCNC(=O)C1C2C=CC(C2)C1C(=O)O. The van der Waals surface area contributed by atoms with Crippen molar-refractivity contribution in [2.24, 2.45) is 23.7 Å². The fourth-order valence-electron chi connectivity index (χ4n) is 3.12. The van der Waals surface area contributed by atoms with Crippen LogP contribution < -0.4 is 5.32 Å². The summed E-state index contributed by atoms with van der Waals surface area (Å²) in [5.74, 6) is -2.01. The number of amides is 1. The number of carbonyl (C=O) groups is 2. The summed E-state index contributed by atoms with van der Waals surface area (Å²) in [4.78, 5) is 23.5. The van der Waals surface area contributed by atoms with Gasteiger partial charge in [0.2, 0.25) is 5.91 Å². The van der Waals surface area contributed by atoms with E-state index in [0.717, 1.165) is 6.42 Å². The highest BCUT2D eigenvalue weighted by Gasteiger charge is 2.51. The highest BCUT2D eigenvalue weighted by Crippen LogP contribution is 2.48. The summed E-state index contributed by atoms with van der Waals surface area (Å²) >= 11 is 0. The number of hydrogen-bond acceptors (Lipinski definition) is 4. The molecule has 0 saturated heterocycles. The fourth-order valence-corrected chi connectivity index (χ4v) is 3.12. The van der Waals surface area contributed by atoms with E-state index in [2.05, 4.69) is 5.32 Å². The number of aliphatic carboxylic acids is 1. The molecular formula is C14H21NO5. The van der Waals surface area contributed by atoms with Gasteiger partial charge in [0.15, 0.2) is 0 Å². The van der Waals surface area contributed by atoms with Gasteiger partial charge >= 0.3 is 5.97 Å². The number of carboxylic acids is 1. The number of nitrogens with one attached hydrogen (secondary N) is 1. The molecule has 0 radical (unpaired) electrons. The molecule has 0 aromatic rings. The van der Waals surface area contributed by atoms with Crippen LogP contribution in [0.3, 0.4) is 0 Å². The molecule has 4 atom stereocenters. The number of methoxy groups -OCH3 is 1. The minimum absolute atomic E-state index is 0.00574. The highest BCUT2D eigenvalue weighted by molar-refractivity contribution is 5.86. The molecule has 112 valence electrons. The predicted octanol–water partition coefficient (Wildman–Crippen LogP) is 0.289. The molecule has 1 amide bonds. The van der Waals surface area contributed by atoms with Gasteiger partial charge in [0.05, 0.1) is 31.7 Å². The lowest BCUT2D eigenvalue weighted by molar-refractivity contribution is -0.147. The lowest BCUT2D eigenvalue weighted by atomic mass is 9.82. The first-order valence-electron chi connectivity index (χ1n) is 6.90. The van der Waals surface area contributed by atoms with Gasteiger partial charge in [-0.2, -0.15) is 0 Å². The van der Waals surface area contributed by atoms with Gasteiger partial charge in [0.25, 0.3) is 0 Å². The second kappa shape index (κ2) is 6.85. The number of rotatable bonds is 8. The molecule has 2 aliphatic carbocycles. The molecule has 2 rings (SSSR count). The Labute approximate surface area is 118 Å². The predicted molar refractivity (Wildman–Crippen MR) is 71.1 cm³/mol. The summed E-state index contributed by atoms with van der Waals surface area (Å²) in [6.07, 6.45) is 4.68. The highest BCUT2D eigenvalue weighted by atomic mass is 16.5. The van der Waals surface area contributed by atoms with E-state index >= 15 is 0 Å². The molecule has 0 aromatic carbocycles. The van der Waals surface area contributed by atoms with E-state index in [-0.39, 0.29) is 17.7 Å². The largest absolute Gasteiger partial charge is 0.481 e. The van der Waals surface area contributed by atoms with Crippen molar-refractivity contribution in [2.75, 3.05) is 33.5 Å². The number of hydrogen-bond donors (Lipinski definition) is 2. The fraction of sp³-hybridized carbons (Fsp3) is 0.714. The quantitative estimate of drug-likeness (QED) is 0.494. The van der Waals surface area contributed by atoms with Crippen LogP contribution in [-0.2, 0) is 19.1 Å². The molecule has 6 heteroatoms. The van der Waals surface area contributed by atoms with Gasteiger partial charge in [0.1, 0.15) is 0 Å². The zero-order chi connectivity index (χ0) is 14.5. The molecule has 2 aliphatic rings. The summed E-state index contributed by atoms with van der Waals surface area (Å²) in [6, 6.07) is 0. The lowest BCUT2D eigenvalue weighted by Crippen LogP contribution is -2.41. The third-order valence-corrected chi connectivity index (χ3v) is 4.02. The number of carbonyl (C=O) groups excluding carboxylic acids is 1. The molecule has 1 fully saturated rings. The van der Waals surface area contributed by atoms with Crippen molar-refractivity contribution in [2.45, 2.75) is 6.42 Å². The van der Waals surface area contributed by atoms with Crippen LogP contribution in [0, 0.1) is 23.7 Å². The van der Waals surface area contributed by atoms with Crippen molar-refractivity contribution in [3.05, 3.63) is 12.2 Å². The van der Waals surface area contributed by atoms with Crippen molar-refractivity contribution in [1.29, 1.82) is 0 Å². The van der Waals surface area contributed by atoms with Gasteiger partial charge in [-0.15, -0.1) is 0 Å². The molecular weight excluding hydrogens is 262 g/mol. The monoisotopic (exact) mass is 283 g/mol. The van der Waals surface area contributed by atoms with Gasteiger partial charge in [-0.1, -0.05) is 12.2 Å².